The van der Waals surface area contributed by atoms with E-state index >= 15 is 0 Å². The zero-order chi connectivity index (χ0) is 11.0. The third-order valence-corrected chi connectivity index (χ3v) is 2.38. The molecule has 2 N–H and O–H groups in total. The maximum atomic E-state index is 13.2. The highest BCUT2D eigenvalue weighted by molar-refractivity contribution is 5.90. The SMILES string of the molecule is CC1Nc2ccc(C(=O)O)cc2C=C1F. The van der Waals surface area contributed by atoms with Crippen molar-refractivity contribution in [2.45, 2.75) is 13.0 Å². The normalized spacial score (nSPS) is 18.8. The first-order valence-electron chi connectivity index (χ1n) is 4.59. The Balaban J connectivity index is 2.49. The number of halogens is 1. The Hall–Kier alpha value is -1.84. The Morgan fingerprint density at radius 1 is 1.53 bits per heavy atom. The second kappa shape index (κ2) is 3.38. The minimum atomic E-state index is -1.01. The van der Waals surface area contributed by atoms with Crippen LogP contribution in [0.3, 0.4) is 0 Å². The molecule has 0 amide bonds. The van der Waals surface area contributed by atoms with Crippen molar-refractivity contribution >= 4 is 17.7 Å². The molecule has 1 aromatic rings. The van der Waals surface area contributed by atoms with E-state index in [-0.39, 0.29) is 17.4 Å². The molecule has 1 heterocycles. The van der Waals surface area contributed by atoms with Crippen molar-refractivity contribution in [2.24, 2.45) is 0 Å². The van der Waals surface area contributed by atoms with Gasteiger partial charge in [0.05, 0.1) is 11.6 Å². The summed E-state index contributed by atoms with van der Waals surface area (Å²) in [7, 11) is 0. The zero-order valence-electron chi connectivity index (χ0n) is 8.12. The summed E-state index contributed by atoms with van der Waals surface area (Å²) in [4.78, 5) is 10.7. The summed E-state index contributed by atoms with van der Waals surface area (Å²) in [5.41, 5.74) is 1.49. The van der Waals surface area contributed by atoms with E-state index in [1.54, 1.807) is 13.0 Å². The molecule has 0 bridgehead atoms. The highest BCUT2D eigenvalue weighted by Gasteiger charge is 2.17. The van der Waals surface area contributed by atoms with Gasteiger partial charge in [0.25, 0.3) is 0 Å². The van der Waals surface area contributed by atoms with Crippen LogP contribution in [-0.2, 0) is 0 Å². The van der Waals surface area contributed by atoms with E-state index in [9.17, 15) is 9.18 Å². The number of carboxylic acids is 1. The molecule has 0 spiro atoms. The maximum absolute atomic E-state index is 13.2. The topological polar surface area (TPSA) is 49.3 Å². The van der Waals surface area contributed by atoms with Gasteiger partial charge in [-0.2, -0.15) is 0 Å². The summed E-state index contributed by atoms with van der Waals surface area (Å²) in [5.74, 6) is -1.30. The van der Waals surface area contributed by atoms with Crippen LogP contribution in [0.4, 0.5) is 10.1 Å². The maximum Gasteiger partial charge on any atom is 0.335 e. The lowest BCUT2D eigenvalue weighted by molar-refractivity contribution is 0.0697. The van der Waals surface area contributed by atoms with Gasteiger partial charge < -0.3 is 10.4 Å². The molecular weight excluding hydrogens is 197 g/mol. The minimum Gasteiger partial charge on any atom is -0.478 e. The highest BCUT2D eigenvalue weighted by atomic mass is 19.1. The van der Waals surface area contributed by atoms with Gasteiger partial charge in [-0.05, 0) is 31.2 Å². The number of carbonyl (C=O) groups is 1. The van der Waals surface area contributed by atoms with Gasteiger partial charge in [-0.25, -0.2) is 9.18 Å². The lowest BCUT2D eigenvalue weighted by atomic mass is 10.0. The summed E-state index contributed by atoms with van der Waals surface area (Å²) in [6, 6.07) is 4.25. The third-order valence-electron chi connectivity index (χ3n) is 2.38. The van der Waals surface area contributed by atoms with Gasteiger partial charge in [0.15, 0.2) is 0 Å². The predicted molar refractivity (Wildman–Crippen MR) is 55.6 cm³/mol. The fourth-order valence-electron chi connectivity index (χ4n) is 1.52. The van der Waals surface area contributed by atoms with Crippen molar-refractivity contribution in [2.75, 3.05) is 5.32 Å². The van der Waals surface area contributed by atoms with E-state index in [4.69, 9.17) is 5.11 Å². The van der Waals surface area contributed by atoms with Gasteiger partial charge in [0, 0.05) is 11.3 Å². The van der Waals surface area contributed by atoms with E-state index < -0.39 is 5.97 Å². The minimum absolute atomic E-state index is 0.161. The number of carboxylic acid groups (broad SMARTS) is 1. The summed E-state index contributed by atoms with van der Waals surface area (Å²) in [6.07, 6.45) is 1.36. The van der Waals surface area contributed by atoms with E-state index in [1.807, 2.05) is 0 Å². The lowest BCUT2D eigenvalue weighted by Gasteiger charge is -2.20. The summed E-state index contributed by atoms with van der Waals surface area (Å²) in [6.45, 7) is 1.71. The van der Waals surface area contributed by atoms with Crippen LogP contribution in [0.5, 0.6) is 0 Å². The van der Waals surface area contributed by atoms with Crippen LogP contribution in [0, 0.1) is 0 Å². The van der Waals surface area contributed by atoms with E-state index in [2.05, 4.69) is 5.32 Å². The van der Waals surface area contributed by atoms with Crippen LogP contribution < -0.4 is 5.32 Å². The molecule has 0 aliphatic carbocycles. The van der Waals surface area contributed by atoms with Gasteiger partial charge in [-0.15, -0.1) is 0 Å². The second-order valence-corrected chi connectivity index (χ2v) is 3.50. The quantitative estimate of drug-likeness (QED) is 0.743. The number of fused-ring (bicyclic) bond motifs is 1. The van der Waals surface area contributed by atoms with Crippen LogP contribution in [0.2, 0.25) is 0 Å². The molecule has 0 saturated heterocycles. The summed E-state index contributed by atoms with van der Waals surface area (Å²) >= 11 is 0. The van der Waals surface area contributed by atoms with Crippen molar-refractivity contribution < 1.29 is 14.3 Å². The Morgan fingerprint density at radius 3 is 2.93 bits per heavy atom. The first kappa shape index (κ1) is 9.71. The number of nitrogens with one attached hydrogen (secondary N) is 1. The lowest BCUT2D eigenvalue weighted by Crippen LogP contribution is -2.19. The molecule has 0 saturated carbocycles. The average molecular weight is 207 g/mol. The fourth-order valence-corrected chi connectivity index (χ4v) is 1.52. The van der Waals surface area contributed by atoms with E-state index in [0.717, 1.165) is 5.69 Å². The average Bonchev–Trinajstić information content (AvgIpc) is 2.19. The molecule has 1 atom stereocenters. The standard InChI is InChI=1S/C11H10FNO2/c1-6-9(12)5-8-4-7(11(14)15)2-3-10(8)13-6/h2-6,13H,1H3,(H,14,15). The van der Waals surface area contributed by atoms with Crippen LogP contribution in [-0.4, -0.2) is 17.1 Å². The Labute approximate surface area is 86.2 Å². The molecule has 0 aromatic heterocycles. The molecule has 1 unspecified atom stereocenters. The predicted octanol–water partition coefficient (Wildman–Crippen LogP) is 2.51. The largest absolute Gasteiger partial charge is 0.478 e. The first-order valence-corrected chi connectivity index (χ1v) is 4.59. The molecule has 2 rings (SSSR count). The number of rotatable bonds is 1. The highest BCUT2D eigenvalue weighted by Crippen LogP contribution is 2.28. The molecule has 1 aromatic carbocycles. The number of benzene rings is 1. The number of aromatic carboxylic acids is 1. The van der Waals surface area contributed by atoms with Gasteiger partial charge >= 0.3 is 5.97 Å². The van der Waals surface area contributed by atoms with E-state index in [0.29, 0.717) is 5.56 Å². The molecule has 15 heavy (non-hydrogen) atoms. The van der Waals surface area contributed by atoms with Crippen LogP contribution in [0.25, 0.3) is 6.08 Å². The summed E-state index contributed by atoms with van der Waals surface area (Å²) in [5, 5.41) is 11.7. The monoisotopic (exact) mass is 207 g/mol. The van der Waals surface area contributed by atoms with Crippen molar-refractivity contribution in [1.82, 2.24) is 0 Å². The Kier molecular flexibility index (Phi) is 2.19. The third kappa shape index (κ3) is 1.70. The van der Waals surface area contributed by atoms with Crippen molar-refractivity contribution in [3.05, 3.63) is 35.2 Å². The number of hydrogen-bond acceptors (Lipinski definition) is 2. The van der Waals surface area contributed by atoms with Crippen molar-refractivity contribution in [1.29, 1.82) is 0 Å². The van der Waals surface area contributed by atoms with Crippen LogP contribution in [0.1, 0.15) is 22.8 Å². The number of hydrogen-bond donors (Lipinski definition) is 2. The Morgan fingerprint density at radius 2 is 2.27 bits per heavy atom. The molecule has 0 radical (unpaired) electrons. The van der Waals surface area contributed by atoms with Crippen LogP contribution >= 0.6 is 0 Å². The van der Waals surface area contributed by atoms with Crippen molar-refractivity contribution in [3.63, 3.8) is 0 Å². The van der Waals surface area contributed by atoms with Gasteiger partial charge in [-0.1, -0.05) is 0 Å². The van der Waals surface area contributed by atoms with Crippen LogP contribution in [0.15, 0.2) is 24.0 Å². The molecule has 3 nitrogen and oxygen atoms in total. The molecule has 78 valence electrons. The second-order valence-electron chi connectivity index (χ2n) is 3.50. The molecule has 0 fully saturated rings. The fraction of sp³-hybridized carbons (Fsp3) is 0.182. The van der Waals surface area contributed by atoms with Gasteiger partial charge in [0.1, 0.15) is 5.83 Å². The molecule has 1 aliphatic rings. The van der Waals surface area contributed by atoms with Gasteiger partial charge in [-0.3, -0.25) is 0 Å². The van der Waals surface area contributed by atoms with Crippen molar-refractivity contribution in [3.8, 4) is 0 Å². The molecular formula is C11H10FNO2. The molecule has 4 heteroatoms. The summed E-state index contributed by atoms with van der Waals surface area (Å²) < 4.78 is 13.2. The Bertz CT molecular complexity index is 454. The van der Waals surface area contributed by atoms with E-state index in [1.165, 1.54) is 18.2 Å². The smallest absolute Gasteiger partial charge is 0.335 e. The zero-order valence-corrected chi connectivity index (χ0v) is 8.12. The first-order chi connectivity index (χ1) is 7.08. The number of anilines is 1. The van der Waals surface area contributed by atoms with Gasteiger partial charge in [0.2, 0.25) is 0 Å². The molecule has 1 aliphatic heterocycles.